The van der Waals surface area contributed by atoms with Gasteiger partial charge in [0.15, 0.2) is 0 Å². The molecule has 0 saturated heterocycles. The number of carbonyl (C=O) groups is 1. The Bertz CT molecular complexity index is 458. The fourth-order valence-electron chi connectivity index (χ4n) is 1.62. The fourth-order valence-corrected chi connectivity index (χ4v) is 1.62. The van der Waals surface area contributed by atoms with Crippen LogP contribution in [0.15, 0.2) is 24.3 Å². The van der Waals surface area contributed by atoms with Gasteiger partial charge in [-0.05, 0) is 38.1 Å². The molecule has 1 heterocycles. The summed E-state index contributed by atoms with van der Waals surface area (Å²) in [6.45, 7) is 5.34. The smallest absolute Gasteiger partial charge is 0.308 e. The van der Waals surface area contributed by atoms with Crippen LogP contribution in [0.1, 0.15) is 26.3 Å². The molecule has 0 amide bonds. The number of benzene rings is 1. The molecule has 0 unspecified atom stereocenters. The molecule has 0 fully saturated rings. The van der Waals surface area contributed by atoms with E-state index < -0.39 is 0 Å². The van der Waals surface area contributed by atoms with Crippen molar-refractivity contribution in [2.24, 2.45) is 0 Å². The molecule has 0 saturated carbocycles. The molecule has 2 rings (SSSR count). The van der Waals surface area contributed by atoms with Crippen LogP contribution in [0.2, 0.25) is 0 Å². The third-order valence-corrected chi connectivity index (χ3v) is 2.30. The zero-order valence-corrected chi connectivity index (χ0v) is 9.61. The second-order valence-corrected chi connectivity index (χ2v) is 4.30. The number of hydrogen-bond donors (Lipinski definition) is 0. The molecule has 0 radical (unpaired) electrons. The molecule has 0 spiro atoms. The Morgan fingerprint density at radius 1 is 1.38 bits per heavy atom. The van der Waals surface area contributed by atoms with E-state index in [-0.39, 0.29) is 11.6 Å². The van der Waals surface area contributed by atoms with Crippen LogP contribution < -0.4 is 9.47 Å². The van der Waals surface area contributed by atoms with Gasteiger partial charge in [-0.3, -0.25) is 4.79 Å². The number of carbonyl (C=O) groups excluding carboxylic acids is 1. The van der Waals surface area contributed by atoms with Gasteiger partial charge in [0.2, 0.25) is 0 Å². The summed E-state index contributed by atoms with van der Waals surface area (Å²) in [5.41, 5.74) is 0.499. The monoisotopic (exact) mass is 218 g/mol. The summed E-state index contributed by atoms with van der Waals surface area (Å²) in [5, 5.41) is 0. The average molecular weight is 218 g/mol. The van der Waals surface area contributed by atoms with Gasteiger partial charge in [-0.1, -0.05) is 6.07 Å². The Kier molecular flexibility index (Phi) is 2.46. The third kappa shape index (κ3) is 2.08. The molecule has 0 N–H and O–H groups in total. The lowest BCUT2D eigenvalue weighted by atomic mass is 10.0. The van der Waals surface area contributed by atoms with Gasteiger partial charge < -0.3 is 9.47 Å². The van der Waals surface area contributed by atoms with Crippen molar-refractivity contribution in [3.8, 4) is 11.5 Å². The van der Waals surface area contributed by atoms with Crippen molar-refractivity contribution < 1.29 is 14.3 Å². The summed E-state index contributed by atoms with van der Waals surface area (Å²) in [7, 11) is 0. The lowest BCUT2D eigenvalue weighted by Crippen LogP contribution is -2.27. The Morgan fingerprint density at radius 3 is 2.81 bits per heavy atom. The van der Waals surface area contributed by atoms with Crippen LogP contribution in [-0.4, -0.2) is 11.6 Å². The number of esters is 1. The van der Waals surface area contributed by atoms with Crippen molar-refractivity contribution in [3.05, 3.63) is 29.8 Å². The van der Waals surface area contributed by atoms with Crippen LogP contribution in [0.4, 0.5) is 0 Å². The molecule has 84 valence electrons. The van der Waals surface area contributed by atoms with Gasteiger partial charge in [-0.25, -0.2) is 0 Å². The molecule has 3 heteroatoms. The van der Waals surface area contributed by atoms with Gasteiger partial charge in [0.1, 0.15) is 17.1 Å². The first-order valence-corrected chi connectivity index (χ1v) is 5.18. The van der Waals surface area contributed by atoms with E-state index in [2.05, 4.69) is 0 Å². The molecule has 0 aromatic heterocycles. The minimum Gasteiger partial charge on any atom is -0.483 e. The summed E-state index contributed by atoms with van der Waals surface area (Å²) in [4.78, 5) is 10.9. The minimum absolute atomic E-state index is 0.318. The van der Waals surface area contributed by atoms with E-state index in [4.69, 9.17) is 9.47 Å². The van der Waals surface area contributed by atoms with Gasteiger partial charge in [-0.2, -0.15) is 0 Å². The Balaban J connectivity index is 2.42. The first-order valence-electron chi connectivity index (χ1n) is 5.18. The van der Waals surface area contributed by atoms with Gasteiger partial charge in [-0.15, -0.1) is 0 Å². The van der Waals surface area contributed by atoms with Crippen molar-refractivity contribution in [1.29, 1.82) is 0 Å². The zero-order chi connectivity index (χ0) is 11.8. The largest absolute Gasteiger partial charge is 0.483 e. The zero-order valence-electron chi connectivity index (χ0n) is 9.61. The molecular formula is C13H14O3. The van der Waals surface area contributed by atoms with Crippen molar-refractivity contribution in [2.45, 2.75) is 26.4 Å². The lowest BCUT2D eigenvalue weighted by molar-refractivity contribution is -0.131. The van der Waals surface area contributed by atoms with Crippen LogP contribution in [-0.2, 0) is 4.79 Å². The second kappa shape index (κ2) is 3.67. The highest BCUT2D eigenvalue weighted by atomic mass is 16.5. The van der Waals surface area contributed by atoms with Crippen molar-refractivity contribution in [1.82, 2.24) is 0 Å². The lowest BCUT2D eigenvalue weighted by Gasteiger charge is -2.28. The maximum Gasteiger partial charge on any atom is 0.308 e. The normalized spacial score (nSPS) is 16.2. The Morgan fingerprint density at radius 2 is 2.12 bits per heavy atom. The first kappa shape index (κ1) is 10.7. The predicted molar refractivity (Wildman–Crippen MR) is 61.5 cm³/mol. The van der Waals surface area contributed by atoms with Crippen LogP contribution in [0.3, 0.4) is 0 Å². The highest BCUT2D eigenvalue weighted by Crippen LogP contribution is 2.36. The van der Waals surface area contributed by atoms with E-state index >= 15 is 0 Å². The van der Waals surface area contributed by atoms with E-state index in [0.29, 0.717) is 5.75 Å². The predicted octanol–water partition coefficient (Wildman–Crippen LogP) is 2.80. The molecule has 16 heavy (non-hydrogen) atoms. The van der Waals surface area contributed by atoms with Crippen molar-refractivity contribution >= 4 is 12.0 Å². The summed E-state index contributed by atoms with van der Waals surface area (Å²) in [6, 6.07) is 5.44. The topological polar surface area (TPSA) is 35.5 Å². The molecule has 0 bridgehead atoms. The van der Waals surface area contributed by atoms with Crippen LogP contribution in [0, 0.1) is 0 Å². The molecule has 1 aromatic carbocycles. The van der Waals surface area contributed by atoms with Crippen LogP contribution in [0.5, 0.6) is 11.5 Å². The Hall–Kier alpha value is -1.77. The van der Waals surface area contributed by atoms with Crippen molar-refractivity contribution in [2.75, 3.05) is 0 Å². The third-order valence-electron chi connectivity index (χ3n) is 2.30. The fraction of sp³-hybridized carbons (Fsp3) is 0.308. The number of hydrogen-bond acceptors (Lipinski definition) is 3. The van der Waals surface area contributed by atoms with Gasteiger partial charge in [0, 0.05) is 6.92 Å². The van der Waals surface area contributed by atoms with Crippen molar-refractivity contribution in [3.63, 3.8) is 0 Å². The summed E-state index contributed by atoms with van der Waals surface area (Å²) >= 11 is 0. The summed E-state index contributed by atoms with van der Waals surface area (Å²) in [5.74, 6) is 0.953. The molecule has 0 aliphatic carbocycles. The summed E-state index contributed by atoms with van der Waals surface area (Å²) < 4.78 is 10.9. The second-order valence-electron chi connectivity index (χ2n) is 4.30. The van der Waals surface area contributed by atoms with Gasteiger partial charge in [0.05, 0.1) is 5.56 Å². The minimum atomic E-state index is -0.327. The maximum atomic E-state index is 10.9. The molecule has 0 atom stereocenters. The number of fused-ring (bicyclic) bond motifs is 1. The highest BCUT2D eigenvalue weighted by Gasteiger charge is 2.23. The first-order chi connectivity index (χ1) is 7.48. The van der Waals surface area contributed by atoms with E-state index in [1.165, 1.54) is 6.92 Å². The number of rotatable bonds is 1. The van der Waals surface area contributed by atoms with Crippen LogP contribution in [0.25, 0.3) is 6.08 Å². The van der Waals surface area contributed by atoms with E-state index in [1.54, 1.807) is 6.07 Å². The Labute approximate surface area is 94.7 Å². The highest BCUT2D eigenvalue weighted by molar-refractivity contribution is 5.74. The van der Waals surface area contributed by atoms with Gasteiger partial charge >= 0.3 is 5.97 Å². The maximum absolute atomic E-state index is 10.9. The molecular weight excluding hydrogens is 204 g/mol. The average Bonchev–Trinajstić information content (AvgIpc) is 2.15. The van der Waals surface area contributed by atoms with Gasteiger partial charge in [0.25, 0.3) is 0 Å². The molecule has 1 aliphatic rings. The molecule has 1 aliphatic heterocycles. The molecule has 1 aromatic rings. The number of ether oxygens (including phenoxy) is 2. The van der Waals surface area contributed by atoms with Crippen LogP contribution >= 0.6 is 0 Å². The summed E-state index contributed by atoms with van der Waals surface area (Å²) in [6.07, 6.45) is 3.87. The molecule has 3 nitrogen and oxygen atoms in total. The standard InChI is InChI=1S/C13H14O3/c1-9(14)15-11-5-4-6-12-10(11)7-8-13(2,3)16-12/h4-8H,1-3H3. The van der Waals surface area contributed by atoms with E-state index in [0.717, 1.165) is 11.3 Å². The SMILES string of the molecule is CC(=O)Oc1cccc2c1C=CC(C)(C)O2. The quantitative estimate of drug-likeness (QED) is 0.537. The van der Waals surface area contributed by atoms with E-state index in [9.17, 15) is 4.79 Å². The van der Waals surface area contributed by atoms with E-state index in [1.807, 2.05) is 38.1 Å².